The van der Waals surface area contributed by atoms with Gasteiger partial charge in [0.15, 0.2) is 6.29 Å². The molecule has 0 aromatic heterocycles. The normalized spacial score (nSPS) is 45.5. The monoisotopic (exact) mass is 384 g/mol. The number of hydrogen-bond acceptors (Lipinski definition) is 7. The predicted octanol–water partition coefficient (Wildman–Crippen LogP) is 0.245. The standard InChI is InChI=1S/C20H32O7/c1-9(2)11-4-5-12-7-14(16(22)10(3)13(12)6-11)26-20-19(25)18(24)17(23)15(8-21)27-20/h10-11,14-25H,1,4-8H2,2-3H3/t10-,11+,14+,15+,16+,17+,18-,19+,20+/m0/s1. The first kappa shape index (κ1) is 20.9. The lowest BCUT2D eigenvalue weighted by Crippen LogP contribution is -2.60. The van der Waals surface area contributed by atoms with E-state index >= 15 is 0 Å². The SMILES string of the molecule is C=C(C)[C@@H]1CCC2=C(C1)[C@H](C)[C@@H](O)[C@H](O[C@@H]1O[C@H](CO)[C@@H](O)[C@H](O)[C@H]1O)C2. The van der Waals surface area contributed by atoms with Crippen molar-refractivity contribution in [1.29, 1.82) is 0 Å². The van der Waals surface area contributed by atoms with E-state index in [2.05, 4.69) is 6.58 Å². The molecule has 27 heavy (non-hydrogen) atoms. The second-order valence-electron chi connectivity index (χ2n) is 8.27. The maximum absolute atomic E-state index is 10.8. The van der Waals surface area contributed by atoms with Crippen LogP contribution in [-0.2, 0) is 9.47 Å². The van der Waals surface area contributed by atoms with Gasteiger partial charge in [-0.15, -0.1) is 0 Å². The highest BCUT2D eigenvalue weighted by atomic mass is 16.7. The summed E-state index contributed by atoms with van der Waals surface area (Å²) in [5.74, 6) is 0.368. The highest BCUT2D eigenvalue weighted by Gasteiger charge is 2.47. The third-order valence-corrected chi connectivity index (χ3v) is 6.46. The van der Waals surface area contributed by atoms with Crippen LogP contribution in [0.1, 0.15) is 39.5 Å². The largest absolute Gasteiger partial charge is 0.394 e. The Morgan fingerprint density at radius 1 is 1.11 bits per heavy atom. The third-order valence-electron chi connectivity index (χ3n) is 6.46. The first-order valence-electron chi connectivity index (χ1n) is 9.74. The minimum Gasteiger partial charge on any atom is -0.394 e. The summed E-state index contributed by atoms with van der Waals surface area (Å²) in [4.78, 5) is 0. The second-order valence-corrected chi connectivity index (χ2v) is 8.27. The van der Waals surface area contributed by atoms with Gasteiger partial charge in [-0.2, -0.15) is 0 Å². The summed E-state index contributed by atoms with van der Waals surface area (Å²) in [6.07, 6.45) is -4.54. The lowest BCUT2D eigenvalue weighted by molar-refractivity contribution is -0.318. The fraction of sp³-hybridized carbons (Fsp3) is 0.800. The van der Waals surface area contributed by atoms with E-state index in [1.54, 1.807) is 0 Å². The molecule has 1 saturated heterocycles. The van der Waals surface area contributed by atoms with Crippen LogP contribution < -0.4 is 0 Å². The number of aliphatic hydroxyl groups is 5. The van der Waals surface area contributed by atoms with Gasteiger partial charge in [0.05, 0.1) is 18.8 Å². The van der Waals surface area contributed by atoms with E-state index in [1.807, 2.05) is 13.8 Å². The zero-order chi connectivity index (χ0) is 19.9. The molecule has 154 valence electrons. The van der Waals surface area contributed by atoms with Crippen molar-refractivity contribution in [2.45, 2.75) is 82.4 Å². The summed E-state index contributed by atoms with van der Waals surface area (Å²) >= 11 is 0. The summed E-state index contributed by atoms with van der Waals surface area (Å²) in [5, 5.41) is 50.1. The van der Waals surface area contributed by atoms with Crippen LogP contribution in [0.15, 0.2) is 23.3 Å². The van der Waals surface area contributed by atoms with Crippen LogP contribution in [0, 0.1) is 11.8 Å². The fourth-order valence-electron chi connectivity index (χ4n) is 4.55. The van der Waals surface area contributed by atoms with Crippen molar-refractivity contribution in [2.24, 2.45) is 11.8 Å². The summed E-state index contributed by atoms with van der Waals surface area (Å²) in [5.41, 5.74) is 3.72. The Morgan fingerprint density at radius 3 is 2.44 bits per heavy atom. The molecule has 0 radical (unpaired) electrons. The first-order valence-corrected chi connectivity index (χ1v) is 9.74. The van der Waals surface area contributed by atoms with E-state index in [9.17, 15) is 25.5 Å². The Balaban J connectivity index is 1.72. The van der Waals surface area contributed by atoms with Crippen LogP contribution in [-0.4, -0.2) is 75.1 Å². The van der Waals surface area contributed by atoms with Gasteiger partial charge in [-0.25, -0.2) is 0 Å². The average molecular weight is 384 g/mol. The molecule has 0 unspecified atom stereocenters. The summed E-state index contributed by atoms with van der Waals surface area (Å²) in [7, 11) is 0. The van der Waals surface area contributed by atoms with Crippen molar-refractivity contribution < 1.29 is 35.0 Å². The number of aliphatic hydroxyl groups excluding tert-OH is 5. The summed E-state index contributed by atoms with van der Waals surface area (Å²) in [6.45, 7) is 7.59. The van der Waals surface area contributed by atoms with Crippen LogP contribution in [0.5, 0.6) is 0 Å². The molecule has 0 aromatic rings. The topological polar surface area (TPSA) is 120 Å². The van der Waals surface area contributed by atoms with Gasteiger partial charge in [0.25, 0.3) is 0 Å². The lowest BCUT2D eigenvalue weighted by Gasteiger charge is -2.45. The zero-order valence-corrected chi connectivity index (χ0v) is 16.0. The Hall–Kier alpha value is -0.800. The summed E-state index contributed by atoms with van der Waals surface area (Å²) in [6, 6.07) is 0. The van der Waals surface area contributed by atoms with Crippen LogP contribution in [0.3, 0.4) is 0 Å². The van der Waals surface area contributed by atoms with Gasteiger partial charge in [0.2, 0.25) is 0 Å². The van der Waals surface area contributed by atoms with E-state index in [0.717, 1.165) is 19.3 Å². The molecule has 0 bridgehead atoms. The number of rotatable bonds is 4. The Bertz CT molecular complexity index is 587. The molecule has 0 amide bonds. The van der Waals surface area contributed by atoms with Gasteiger partial charge in [-0.1, -0.05) is 30.2 Å². The van der Waals surface area contributed by atoms with Gasteiger partial charge in [-0.05, 0) is 38.5 Å². The number of ether oxygens (including phenoxy) is 2. The molecule has 3 aliphatic rings. The van der Waals surface area contributed by atoms with Crippen molar-refractivity contribution in [3.05, 3.63) is 23.3 Å². The van der Waals surface area contributed by atoms with Crippen molar-refractivity contribution in [3.8, 4) is 0 Å². The molecule has 1 fully saturated rings. The molecule has 3 rings (SSSR count). The Labute approximate surface area is 159 Å². The minimum absolute atomic E-state index is 0.0780. The molecule has 7 heteroatoms. The van der Waals surface area contributed by atoms with E-state index in [-0.39, 0.29) is 5.92 Å². The summed E-state index contributed by atoms with van der Waals surface area (Å²) < 4.78 is 11.3. The fourth-order valence-corrected chi connectivity index (χ4v) is 4.55. The highest BCUT2D eigenvalue weighted by molar-refractivity contribution is 5.28. The van der Waals surface area contributed by atoms with Gasteiger partial charge in [0.1, 0.15) is 24.4 Å². The third kappa shape index (κ3) is 4.00. The minimum atomic E-state index is -1.49. The van der Waals surface area contributed by atoms with E-state index < -0.39 is 49.5 Å². The van der Waals surface area contributed by atoms with Gasteiger partial charge in [-0.3, -0.25) is 0 Å². The molecule has 0 spiro atoms. The Kier molecular flexibility index (Phi) is 6.42. The van der Waals surface area contributed by atoms with Crippen LogP contribution in [0.25, 0.3) is 0 Å². The molecule has 5 N–H and O–H groups in total. The molecule has 0 saturated carbocycles. The van der Waals surface area contributed by atoms with E-state index in [4.69, 9.17) is 9.47 Å². The van der Waals surface area contributed by atoms with E-state index in [1.165, 1.54) is 16.7 Å². The smallest absolute Gasteiger partial charge is 0.187 e. The van der Waals surface area contributed by atoms with Gasteiger partial charge < -0.3 is 35.0 Å². The first-order chi connectivity index (χ1) is 12.7. The van der Waals surface area contributed by atoms with Crippen LogP contribution in [0.2, 0.25) is 0 Å². The van der Waals surface area contributed by atoms with Crippen LogP contribution in [0.4, 0.5) is 0 Å². The molecule has 7 nitrogen and oxygen atoms in total. The highest BCUT2D eigenvalue weighted by Crippen LogP contribution is 2.44. The average Bonchev–Trinajstić information content (AvgIpc) is 2.65. The van der Waals surface area contributed by atoms with Gasteiger partial charge in [0, 0.05) is 5.92 Å². The number of allylic oxidation sites excluding steroid dienone is 1. The molecule has 0 aromatic carbocycles. The molecular weight excluding hydrogens is 352 g/mol. The zero-order valence-electron chi connectivity index (χ0n) is 16.0. The molecule has 9 atom stereocenters. The van der Waals surface area contributed by atoms with Crippen molar-refractivity contribution in [2.75, 3.05) is 6.61 Å². The maximum atomic E-state index is 10.8. The molecule has 1 heterocycles. The van der Waals surface area contributed by atoms with Crippen molar-refractivity contribution in [1.82, 2.24) is 0 Å². The van der Waals surface area contributed by atoms with Gasteiger partial charge >= 0.3 is 0 Å². The Morgan fingerprint density at radius 2 is 1.81 bits per heavy atom. The second kappa shape index (κ2) is 8.29. The van der Waals surface area contributed by atoms with Crippen molar-refractivity contribution in [3.63, 3.8) is 0 Å². The predicted molar refractivity (Wildman–Crippen MR) is 97.6 cm³/mol. The molecular formula is C20H32O7. The van der Waals surface area contributed by atoms with E-state index in [0.29, 0.717) is 12.3 Å². The van der Waals surface area contributed by atoms with Crippen LogP contribution >= 0.6 is 0 Å². The molecule has 2 aliphatic carbocycles. The molecule has 1 aliphatic heterocycles. The lowest BCUT2D eigenvalue weighted by atomic mass is 9.70. The number of hydrogen-bond donors (Lipinski definition) is 5. The van der Waals surface area contributed by atoms with Crippen molar-refractivity contribution >= 4 is 0 Å². The quantitative estimate of drug-likeness (QED) is 0.441. The maximum Gasteiger partial charge on any atom is 0.187 e.